The van der Waals surface area contributed by atoms with Crippen molar-refractivity contribution in [2.45, 2.75) is 6.92 Å². The van der Waals surface area contributed by atoms with E-state index in [-0.39, 0.29) is 5.82 Å². The third-order valence-electron chi connectivity index (χ3n) is 2.50. The molecule has 2 aromatic rings. The molecule has 0 aliphatic heterocycles. The second kappa shape index (κ2) is 4.85. The molecule has 0 heterocycles. The molecule has 2 rings (SSSR count). The normalized spacial score (nSPS) is 10.6. The lowest BCUT2D eigenvalue weighted by atomic mass is 10.00. The highest BCUT2D eigenvalue weighted by Gasteiger charge is 2.13. The molecule has 0 unspecified atom stereocenters. The Morgan fingerprint density at radius 3 is 2.24 bits per heavy atom. The van der Waals surface area contributed by atoms with Crippen molar-refractivity contribution in [3.8, 4) is 11.1 Å². The minimum absolute atomic E-state index is 0.328. The van der Waals surface area contributed by atoms with E-state index < -0.39 is 0 Å². The molecule has 88 valence electrons. The van der Waals surface area contributed by atoms with Crippen LogP contribution in [0.25, 0.3) is 11.1 Å². The van der Waals surface area contributed by atoms with Crippen LogP contribution >= 0.6 is 34.8 Å². The van der Waals surface area contributed by atoms with Crippen LogP contribution in [0, 0.1) is 12.7 Å². The second-order valence-corrected chi connectivity index (χ2v) is 4.90. The Labute approximate surface area is 114 Å². The Kier molecular flexibility index (Phi) is 3.62. The Morgan fingerprint density at radius 1 is 0.941 bits per heavy atom. The van der Waals surface area contributed by atoms with Crippen molar-refractivity contribution < 1.29 is 4.39 Å². The van der Waals surface area contributed by atoms with Gasteiger partial charge in [0, 0.05) is 11.1 Å². The molecule has 0 nitrogen and oxygen atoms in total. The summed E-state index contributed by atoms with van der Waals surface area (Å²) in [6.07, 6.45) is 0. The van der Waals surface area contributed by atoms with E-state index in [0.29, 0.717) is 26.2 Å². The van der Waals surface area contributed by atoms with Crippen molar-refractivity contribution in [1.29, 1.82) is 0 Å². The average molecular weight is 290 g/mol. The van der Waals surface area contributed by atoms with Gasteiger partial charge >= 0.3 is 0 Å². The molecule has 0 amide bonds. The Bertz CT molecular complexity index is 559. The molecular formula is C13H8Cl3F. The predicted molar refractivity (Wildman–Crippen MR) is 71.6 cm³/mol. The molecule has 0 N–H and O–H groups in total. The number of rotatable bonds is 1. The fraction of sp³-hybridized carbons (Fsp3) is 0.0769. The quantitative estimate of drug-likeness (QED) is 0.585. The van der Waals surface area contributed by atoms with Crippen molar-refractivity contribution in [3.05, 3.63) is 56.8 Å². The highest BCUT2D eigenvalue weighted by Crippen LogP contribution is 2.37. The Balaban J connectivity index is 2.73. The van der Waals surface area contributed by atoms with Crippen LogP contribution in [0.2, 0.25) is 15.1 Å². The van der Waals surface area contributed by atoms with E-state index in [1.807, 2.05) is 13.0 Å². The van der Waals surface area contributed by atoms with E-state index in [9.17, 15) is 4.39 Å². The summed E-state index contributed by atoms with van der Waals surface area (Å²) in [5.74, 6) is -0.328. The van der Waals surface area contributed by atoms with Gasteiger partial charge in [0.1, 0.15) is 5.82 Å². The van der Waals surface area contributed by atoms with E-state index in [0.717, 1.165) is 5.56 Å². The maximum Gasteiger partial charge on any atom is 0.131 e. The van der Waals surface area contributed by atoms with Crippen LogP contribution in [0.5, 0.6) is 0 Å². The molecule has 0 spiro atoms. The summed E-state index contributed by atoms with van der Waals surface area (Å²) in [4.78, 5) is 0. The summed E-state index contributed by atoms with van der Waals surface area (Å²) in [7, 11) is 0. The van der Waals surface area contributed by atoms with E-state index in [4.69, 9.17) is 34.8 Å². The van der Waals surface area contributed by atoms with E-state index in [1.165, 1.54) is 12.1 Å². The van der Waals surface area contributed by atoms with Gasteiger partial charge in [0.15, 0.2) is 0 Å². The Morgan fingerprint density at radius 2 is 1.59 bits per heavy atom. The largest absolute Gasteiger partial charge is 0.206 e. The Hall–Kier alpha value is -0.760. The van der Waals surface area contributed by atoms with Crippen LogP contribution in [0.1, 0.15) is 5.56 Å². The first kappa shape index (κ1) is 12.7. The molecule has 0 bridgehead atoms. The first-order chi connectivity index (χ1) is 8.00. The summed E-state index contributed by atoms with van der Waals surface area (Å²) < 4.78 is 13.8. The zero-order chi connectivity index (χ0) is 12.6. The van der Waals surface area contributed by atoms with Gasteiger partial charge in [-0.1, -0.05) is 46.9 Å². The van der Waals surface area contributed by atoms with Crippen molar-refractivity contribution >= 4 is 34.8 Å². The van der Waals surface area contributed by atoms with E-state index in [1.54, 1.807) is 12.1 Å². The highest BCUT2D eigenvalue weighted by molar-refractivity contribution is 6.44. The maximum atomic E-state index is 13.8. The zero-order valence-corrected chi connectivity index (χ0v) is 11.2. The van der Waals surface area contributed by atoms with Gasteiger partial charge in [-0.15, -0.1) is 0 Å². The smallest absolute Gasteiger partial charge is 0.131 e. The zero-order valence-electron chi connectivity index (χ0n) is 8.90. The number of hydrogen-bond acceptors (Lipinski definition) is 0. The number of halogens is 4. The number of aryl methyl sites for hydroxylation is 1. The molecule has 0 aromatic heterocycles. The van der Waals surface area contributed by atoms with Gasteiger partial charge in [-0.25, -0.2) is 4.39 Å². The summed E-state index contributed by atoms with van der Waals surface area (Å²) in [5, 5.41) is 1.09. The monoisotopic (exact) mass is 288 g/mol. The second-order valence-electron chi connectivity index (χ2n) is 3.68. The minimum Gasteiger partial charge on any atom is -0.206 e. The summed E-state index contributed by atoms with van der Waals surface area (Å²) in [5.41, 5.74) is 1.80. The third-order valence-corrected chi connectivity index (χ3v) is 3.54. The van der Waals surface area contributed by atoms with E-state index in [2.05, 4.69) is 0 Å². The van der Waals surface area contributed by atoms with Crippen LogP contribution in [0.4, 0.5) is 4.39 Å². The molecule has 0 atom stereocenters. The van der Waals surface area contributed by atoms with Crippen LogP contribution in [0.15, 0.2) is 30.3 Å². The first-order valence-electron chi connectivity index (χ1n) is 4.90. The molecule has 0 saturated carbocycles. The van der Waals surface area contributed by atoms with Crippen LogP contribution < -0.4 is 0 Å². The third kappa shape index (κ3) is 2.42. The summed E-state index contributed by atoms with van der Waals surface area (Å²) >= 11 is 17.8. The molecule has 17 heavy (non-hydrogen) atoms. The molecule has 0 saturated heterocycles. The minimum atomic E-state index is -0.328. The maximum absolute atomic E-state index is 13.8. The fourth-order valence-corrected chi connectivity index (χ4v) is 2.33. The van der Waals surface area contributed by atoms with Gasteiger partial charge in [-0.05, 0) is 30.7 Å². The van der Waals surface area contributed by atoms with Gasteiger partial charge in [0.05, 0.1) is 15.1 Å². The summed E-state index contributed by atoms with van der Waals surface area (Å²) in [6, 6.07) is 7.96. The van der Waals surface area contributed by atoms with Gasteiger partial charge in [0.25, 0.3) is 0 Å². The lowest BCUT2D eigenvalue weighted by Crippen LogP contribution is -1.90. The van der Waals surface area contributed by atoms with Crippen molar-refractivity contribution in [1.82, 2.24) is 0 Å². The predicted octanol–water partition coefficient (Wildman–Crippen LogP) is 5.76. The van der Waals surface area contributed by atoms with Crippen molar-refractivity contribution in [3.63, 3.8) is 0 Å². The first-order valence-corrected chi connectivity index (χ1v) is 6.04. The molecule has 0 aliphatic rings. The average Bonchev–Trinajstić information content (AvgIpc) is 2.25. The van der Waals surface area contributed by atoms with Gasteiger partial charge in [-0.2, -0.15) is 0 Å². The summed E-state index contributed by atoms with van der Waals surface area (Å²) in [6.45, 7) is 1.82. The molecular weight excluding hydrogens is 282 g/mol. The van der Waals surface area contributed by atoms with E-state index >= 15 is 0 Å². The van der Waals surface area contributed by atoms with Gasteiger partial charge < -0.3 is 0 Å². The number of hydrogen-bond donors (Lipinski definition) is 0. The lowest BCUT2D eigenvalue weighted by molar-refractivity contribution is 0.630. The van der Waals surface area contributed by atoms with Crippen molar-refractivity contribution in [2.75, 3.05) is 0 Å². The van der Waals surface area contributed by atoms with Crippen LogP contribution in [-0.2, 0) is 0 Å². The molecule has 0 aliphatic carbocycles. The van der Waals surface area contributed by atoms with Crippen LogP contribution in [-0.4, -0.2) is 0 Å². The molecule has 4 heteroatoms. The topological polar surface area (TPSA) is 0 Å². The molecule has 0 radical (unpaired) electrons. The van der Waals surface area contributed by atoms with Gasteiger partial charge in [-0.3, -0.25) is 0 Å². The SMILES string of the molecule is Cc1cccc(F)c1-c1cc(Cl)c(Cl)cc1Cl. The van der Waals surface area contributed by atoms with Crippen molar-refractivity contribution in [2.24, 2.45) is 0 Å². The molecule has 2 aromatic carbocycles. The van der Waals surface area contributed by atoms with Gasteiger partial charge in [0.2, 0.25) is 0 Å². The number of benzene rings is 2. The lowest BCUT2D eigenvalue weighted by Gasteiger charge is -2.10. The standard InChI is InChI=1S/C13H8Cl3F/c1-7-3-2-4-12(17)13(7)8-5-10(15)11(16)6-9(8)14/h2-6H,1H3. The molecule has 0 fully saturated rings. The fourth-order valence-electron chi connectivity index (χ4n) is 1.69. The highest BCUT2D eigenvalue weighted by atomic mass is 35.5. The van der Waals surface area contributed by atoms with Crippen LogP contribution in [0.3, 0.4) is 0 Å².